The summed E-state index contributed by atoms with van der Waals surface area (Å²) >= 11 is 6.02. The first kappa shape index (κ1) is 16.1. The highest BCUT2D eigenvalue weighted by Crippen LogP contribution is 2.33. The van der Waals surface area contributed by atoms with Crippen LogP contribution < -0.4 is 15.4 Å². The van der Waals surface area contributed by atoms with Gasteiger partial charge in [-0.25, -0.2) is 4.79 Å². The number of amides is 2. The fourth-order valence-electron chi connectivity index (χ4n) is 3.08. The molecule has 0 bridgehead atoms. The summed E-state index contributed by atoms with van der Waals surface area (Å²) in [6.07, 6.45) is 6.31. The van der Waals surface area contributed by atoms with Crippen LogP contribution in [0.3, 0.4) is 0 Å². The molecule has 0 fully saturated rings. The van der Waals surface area contributed by atoms with Crippen molar-refractivity contribution < 1.29 is 14.6 Å². The quantitative estimate of drug-likeness (QED) is 0.743. The monoisotopic (exact) mass is 336 g/mol. The molecule has 0 unspecified atom stereocenters. The van der Waals surface area contributed by atoms with Crippen molar-refractivity contribution in [2.45, 2.75) is 31.3 Å². The summed E-state index contributed by atoms with van der Waals surface area (Å²) in [7, 11) is 0. The minimum absolute atomic E-state index is 0.0288. The lowest BCUT2D eigenvalue weighted by atomic mass is 10.0. The maximum Gasteiger partial charge on any atom is 0.315 e. The highest BCUT2D eigenvalue weighted by Gasteiger charge is 2.24. The second kappa shape index (κ2) is 7.23. The summed E-state index contributed by atoms with van der Waals surface area (Å²) in [4.78, 5) is 12.3. The van der Waals surface area contributed by atoms with Crippen molar-refractivity contribution in [2.75, 3.05) is 13.2 Å². The number of benzene rings is 1. The van der Waals surface area contributed by atoms with Gasteiger partial charge in [-0.05, 0) is 31.4 Å². The Morgan fingerprint density at radius 2 is 2.22 bits per heavy atom. The minimum atomic E-state index is -0.203. The molecule has 3 N–H and O–H groups in total. The molecule has 2 amide bonds. The lowest BCUT2D eigenvalue weighted by Gasteiger charge is -2.20. The van der Waals surface area contributed by atoms with Crippen LogP contribution in [0.1, 0.15) is 30.9 Å². The zero-order valence-corrected chi connectivity index (χ0v) is 13.6. The van der Waals surface area contributed by atoms with Crippen molar-refractivity contribution in [1.29, 1.82) is 0 Å². The fourth-order valence-corrected chi connectivity index (χ4v) is 3.24. The second-order valence-corrected chi connectivity index (χ2v) is 6.45. The third-order valence-electron chi connectivity index (χ3n) is 4.27. The van der Waals surface area contributed by atoms with E-state index in [1.165, 1.54) is 0 Å². The molecule has 5 nitrogen and oxygen atoms in total. The van der Waals surface area contributed by atoms with E-state index >= 15 is 0 Å². The van der Waals surface area contributed by atoms with E-state index in [4.69, 9.17) is 21.4 Å². The van der Waals surface area contributed by atoms with Crippen molar-refractivity contribution >= 4 is 17.6 Å². The first-order valence-electron chi connectivity index (χ1n) is 7.94. The molecule has 3 rings (SSSR count). The lowest BCUT2D eigenvalue weighted by molar-refractivity contribution is 0.228. The van der Waals surface area contributed by atoms with E-state index in [-0.39, 0.29) is 30.6 Å². The van der Waals surface area contributed by atoms with E-state index in [1.54, 1.807) is 6.07 Å². The Kier molecular flexibility index (Phi) is 5.08. The van der Waals surface area contributed by atoms with Crippen LogP contribution in [0, 0.1) is 5.92 Å². The molecular weight excluding hydrogens is 316 g/mol. The smallest absolute Gasteiger partial charge is 0.315 e. The van der Waals surface area contributed by atoms with Gasteiger partial charge in [-0.3, -0.25) is 0 Å². The van der Waals surface area contributed by atoms with Gasteiger partial charge in [0.05, 0.1) is 12.6 Å². The van der Waals surface area contributed by atoms with Gasteiger partial charge in [0.1, 0.15) is 5.75 Å². The lowest BCUT2D eigenvalue weighted by Crippen LogP contribution is -2.42. The third-order valence-corrected chi connectivity index (χ3v) is 4.51. The summed E-state index contributed by atoms with van der Waals surface area (Å²) < 4.78 is 5.71. The first-order valence-corrected chi connectivity index (χ1v) is 8.32. The highest BCUT2D eigenvalue weighted by atomic mass is 35.5. The van der Waals surface area contributed by atoms with E-state index in [2.05, 4.69) is 10.6 Å². The molecule has 0 spiro atoms. The third kappa shape index (κ3) is 3.98. The van der Waals surface area contributed by atoms with Crippen LogP contribution in [0.4, 0.5) is 4.79 Å². The van der Waals surface area contributed by atoms with Crippen LogP contribution >= 0.6 is 11.6 Å². The number of nitrogens with one attached hydrogen (secondary N) is 2. The SMILES string of the molecule is O=C(N[C@@H]1C=C[C@H](CO)C1)N[C@@H]1CCCOc2cc(Cl)ccc21. The van der Waals surface area contributed by atoms with Gasteiger partial charge >= 0.3 is 6.03 Å². The number of halogens is 1. The molecule has 1 heterocycles. The number of aliphatic hydroxyl groups is 1. The Bertz CT molecular complexity index is 606. The number of hydrogen-bond donors (Lipinski definition) is 3. The molecule has 1 aromatic carbocycles. The summed E-state index contributed by atoms with van der Waals surface area (Å²) in [5.41, 5.74) is 0.956. The molecule has 0 radical (unpaired) electrons. The molecule has 23 heavy (non-hydrogen) atoms. The average molecular weight is 337 g/mol. The standard InChI is InChI=1S/C17H21ClN2O3/c18-12-4-6-14-15(2-1-7-23-16(14)9-12)20-17(22)19-13-5-3-11(8-13)10-21/h3-6,9,11,13,15,21H,1-2,7-8,10H2,(H2,19,20,22)/t11-,13+,15+/m0/s1. The van der Waals surface area contributed by atoms with E-state index in [1.807, 2.05) is 24.3 Å². The summed E-state index contributed by atoms with van der Waals surface area (Å²) in [6.45, 7) is 0.737. The number of carbonyl (C=O) groups excluding carboxylic acids is 1. The van der Waals surface area contributed by atoms with Gasteiger partial charge in [-0.15, -0.1) is 0 Å². The summed E-state index contributed by atoms with van der Waals surface area (Å²) in [6, 6.07) is 5.19. The topological polar surface area (TPSA) is 70.6 Å². The number of hydrogen-bond acceptors (Lipinski definition) is 3. The maximum absolute atomic E-state index is 12.3. The number of urea groups is 1. The van der Waals surface area contributed by atoms with Gasteiger partial charge in [0, 0.05) is 29.2 Å². The van der Waals surface area contributed by atoms with Crippen LogP contribution in [0.15, 0.2) is 30.4 Å². The predicted molar refractivity (Wildman–Crippen MR) is 88.7 cm³/mol. The number of aliphatic hydroxyl groups excluding tert-OH is 1. The average Bonchev–Trinajstić information content (AvgIpc) is 2.89. The minimum Gasteiger partial charge on any atom is -0.493 e. The molecular formula is C17H21ClN2O3. The molecule has 1 aliphatic heterocycles. The largest absolute Gasteiger partial charge is 0.493 e. The van der Waals surface area contributed by atoms with Gasteiger partial charge in [0.15, 0.2) is 0 Å². The molecule has 1 aliphatic carbocycles. The van der Waals surface area contributed by atoms with Gasteiger partial charge in [0.2, 0.25) is 0 Å². The number of rotatable bonds is 3. The van der Waals surface area contributed by atoms with Crippen LogP contribution in [0.2, 0.25) is 5.02 Å². The molecule has 2 aliphatic rings. The summed E-state index contributed by atoms with van der Waals surface area (Å²) in [5.74, 6) is 0.871. The van der Waals surface area contributed by atoms with Gasteiger partial charge < -0.3 is 20.5 Å². The number of fused-ring (bicyclic) bond motifs is 1. The number of ether oxygens (including phenoxy) is 1. The predicted octanol–water partition coefficient (Wildman–Crippen LogP) is 2.79. The van der Waals surface area contributed by atoms with Gasteiger partial charge in [0.25, 0.3) is 0 Å². The van der Waals surface area contributed by atoms with Crippen molar-refractivity contribution in [1.82, 2.24) is 10.6 Å². The second-order valence-electron chi connectivity index (χ2n) is 6.01. The van der Waals surface area contributed by atoms with Crippen LogP contribution in [-0.4, -0.2) is 30.4 Å². The molecule has 3 atom stereocenters. The zero-order chi connectivity index (χ0) is 16.2. The molecule has 1 aromatic rings. The molecule has 6 heteroatoms. The van der Waals surface area contributed by atoms with Gasteiger partial charge in [-0.2, -0.15) is 0 Å². The van der Waals surface area contributed by atoms with Crippen molar-refractivity contribution in [3.8, 4) is 5.75 Å². The first-order chi connectivity index (χ1) is 11.2. The van der Waals surface area contributed by atoms with Crippen molar-refractivity contribution in [3.05, 3.63) is 40.9 Å². The van der Waals surface area contributed by atoms with Crippen molar-refractivity contribution in [2.24, 2.45) is 5.92 Å². The number of carbonyl (C=O) groups is 1. The maximum atomic E-state index is 12.3. The Morgan fingerprint density at radius 3 is 3.00 bits per heavy atom. The Hall–Kier alpha value is -1.72. The molecule has 124 valence electrons. The zero-order valence-electron chi connectivity index (χ0n) is 12.8. The molecule has 0 aromatic heterocycles. The van der Waals surface area contributed by atoms with Crippen LogP contribution in [0.25, 0.3) is 0 Å². The summed E-state index contributed by atoms with van der Waals surface area (Å²) in [5, 5.41) is 15.7. The van der Waals surface area contributed by atoms with Gasteiger partial charge in [-0.1, -0.05) is 29.8 Å². The van der Waals surface area contributed by atoms with E-state index in [9.17, 15) is 4.79 Å². The Morgan fingerprint density at radius 1 is 1.35 bits per heavy atom. The normalized spacial score (nSPS) is 26.1. The highest BCUT2D eigenvalue weighted by molar-refractivity contribution is 6.30. The van der Waals surface area contributed by atoms with E-state index in [0.29, 0.717) is 11.6 Å². The Balaban J connectivity index is 1.63. The fraction of sp³-hybridized carbons (Fsp3) is 0.471. The molecule has 0 saturated heterocycles. The molecule has 0 saturated carbocycles. The van der Waals surface area contributed by atoms with Crippen LogP contribution in [0.5, 0.6) is 5.75 Å². The Labute approximate surface area is 140 Å². The van der Waals surface area contributed by atoms with Crippen molar-refractivity contribution in [3.63, 3.8) is 0 Å². The van der Waals surface area contributed by atoms with Crippen LogP contribution in [-0.2, 0) is 0 Å². The van der Waals surface area contributed by atoms with E-state index in [0.717, 1.165) is 30.6 Å². The van der Waals surface area contributed by atoms with E-state index < -0.39 is 0 Å².